The SMILES string of the molecule is COc1cccc(N2CCN(C(=O)COc3ccc(C#N)cc3)CC2)c1. The van der Waals surface area contributed by atoms with E-state index in [1.165, 1.54) is 0 Å². The molecule has 6 nitrogen and oxygen atoms in total. The highest BCUT2D eigenvalue weighted by molar-refractivity contribution is 5.78. The maximum absolute atomic E-state index is 12.3. The number of hydrogen-bond donors (Lipinski definition) is 0. The molecule has 134 valence electrons. The smallest absolute Gasteiger partial charge is 0.260 e. The average Bonchev–Trinajstić information content (AvgIpc) is 2.72. The minimum atomic E-state index is -0.0281. The number of benzene rings is 2. The molecule has 0 radical (unpaired) electrons. The summed E-state index contributed by atoms with van der Waals surface area (Å²) >= 11 is 0. The van der Waals surface area contributed by atoms with Crippen molar-refractivity contribution in [3.63, 3.8) is 0 Å². The molecule has 1 fully saturated rings. The molecule has 1 saturated heterocycles. The molecule has 0 spiro atoms. The van der Waals surface area contributed by atoms with Crippen molar-refractivity contribution in [3.8, 4) is 17.6 Å². The van der Waals surface area contributed by atoms with Gasteiger partial charge in [-0.25, -0.2) is 0 Å². The number of rotatable bonds is 5. The lowest BCUT2D eigenvalue weighted by Gasteiger charge is -2.36. The van der Waals surface area contributed by atoms with Gasteiger partial charge in [-0.3, -0.25) is 4.79 Å². The second-order valence-corrected chi connectivity index (χ2v) is 5.99. The van der Waals surface area contributed by atoms with Crippen molar-refractivity contribution < 1.29 is 14.3 Å². The molecule has 0 unspecified atom stereocenters. The van der Waals surface area contributed by atoms with Crippen LogP contribution in [0.3, 0.4) is 0 Å². The van der Waals surface area contributed by atoms with E-state index >= 15 is 0 Å². The van der Waals surface area contributed by atoms with Crippen LogP contribution in [0.5, 0.6) is 11.5 Å². The van der Waals surface area contributed by atoms with Gasteiger partial charge < -0.3 is 19.3 Å². The summed E-state index contributed by atoms with van der Waals surface area (Å²) in [5.41, 5.74) is 1.67. The molecule has 1 aliphatic heterocycles. The van der Waals surface area contributed by atoms with Crippen LogP contribution >= 0.6 is 0 Å². The molecule has 0 bridgehead atoms. The summed E-state index contributed by atoms with van der Waals surface area (Å²) in [5, 5.41) is 8.79. The zero-order valence-electron chi connectivity index (χ0n) is 14.7. The van der Waals surface area contributed by atoms with Crippen molar-refractivity contribution in [2.24, 2.45) is 0 Å². The van der Waals surface area contributed by atoms with Crippen molar-refractivity contribution in [3.05, 3.63) is 54.1 Å². The van der Waals surface area contributed by atoms with E-state index in [0.29, 0.717) is 24.4 Å². The number of nitrogens with zero attached hydrogens (tertiary/aromatic N) is 3. The standard InChI is InChI=1S/C20H21N3O3/c1-25-19-4-2-3-17(13-19)22-9-11-23(12-10-22)20(24)15-26-18-7-5-16(14-21)6-8-18/h2-8,13H,9-12,15H2,1H3. The Hall–Kier alpha value is -3.20. The minimum Gasteiger partial charge on any atom is -0.497 e. The maximum Gasteiger partial charge on any atom is 0.260 e. The minimum absolute atomic E-state index is 0.00502. The van der Waals surface area contributed by atoms with E-state index in [-0.39, 0.29) is 12.5 Å². The van der Waals surface area contributed by atoms with Gasteiger partial charge in [-0.1, -0.05) is 6.07 Å². The van der Waals surface area contributed by atoms with Crippen LogP contribution in [-0.2, 0) is 4.79 Å². The Morgan fingerprint density at radius 2 is 1.81 bits per heavy atom. The quantitative estimate of drug-likeness (QED) is 0.827. The zero-order chi connectivity index (χ0) is 18.4. The van der Waals surface area contributed by atoms with Crippen molar-refractivity contribution in [2.45, 2.75) is 0 Å². The highest BCUT2D eigenvalue weighted by Crippen LogP contribution is 2.22. The van der Waals surface area contributed by atoms with Crippen LogP contribution in [0, 0.1) is 11.3 Å². The van der Waals surface area contributed by atoms with Crippen molar-refractivity contribution in [2.75, 3.05) is 44.8 Å². The summed E-state index contributed by atoms with van der Waals surface area (Å²) < 4.78 is 10.8. The predicted octanol–water partition coefficient (Wildman–Crippen LogP) is 2.29. The third-order valence-electron chi connectivity index (χ3n) is 4.40. The van der Waals surface area contributed by atoms with Gasteiger partial charge in [0.1, 0.15) is 11.5 Å². The van der Waals surface area contributed by atoms with E-state index in [4.69, 9.17) is 14.7 Å². The lowest BCUT2D eigenvalue weighted by atomic mass is 10.2. The van der Waals surface area contributed by atoms with Gasteiger partial charge in [0.2, 0.25) is 0 Å². The highest BCUT2D eigenvalue weighted by Gasteiger charge is 2.21. The molecule has 0 saturated carbocycles. The number of anilines is 1. The fourth-order valence-corrected chi connectivity index (χ4v) is 2.88. The first-order valence-corrected chi connectivity index (χ1v) is 8.49. The Morgan fingerprint density at radius 3 is 2.46 bits per heavy atom. The summed E-state index contributed by atoms with van der Waals surface area (Å²) in [7, 11) is 1.66. The summed E-state index contributed by atoms with van der Waals surface area (Å²) in [6.07, 6.45) is 0. The molecule has 0 aliphatic carbocycles. The molecule has 0 atom stereocenters. The van der Waals surface area contributed by atoms with Crippen LogP contribution in [0.15, 0.2) is 48.5 Å². The van der Waals surface area contributed by atoms with Crippen LogP contribution in [0.1, 0.15) is 5.56 Å². The van der Waals surface area contributed by atoms with Gasteiger partial charge >= 0.3 is 0 Å². The van der Waals surface area contributed by atoms with Gasteiger partial charge in [-0.05, 0) is 36.4 Å². The van der Waals surface area contributed by atoms with Gasteiger partial charge in [0, 0.05) is 37.9 Å². The number of methoxy groups -OCH3 is 1. The van der Waals surface area contributed by atoms with Gasteiger partial charge in [0.05, 0.1) is 18.7 Å². The fourth-order valence-electron chi connectivity index (χ4n) is 2.88. The summed E-state index contributed by atoms with van der Waals surface area (Å²) in [6, 6.07) is 16.7. The number of piperazine rings is 1. The lowest BCUT2D eigenvalue weighted by Crippen LogP contribution is -2.50. The van der Waals surface area contributed by atoms with Gasteiger partial charge in [-0.2, -0.15) is 5.26 Å². The fraction of sp³-hybridized carbons (Fsp3) is 0.300. The molecule has 1 aliphatic rings. The largest absolute Gasteiger partial charge is 0.497 e. The van der Waals surface area contributed by atoms with Crippen molar-refractivity contribution in [1.82, 2.24) is 4.90 Å². The Kier molecular flexibility index (Phi) is 5.59. The van der Waals surface area contributed by atoms with Crippen LogP contribution < -0.4 is 14.4 Å². The summed E-state index contributed by atoms with van der Waals surface area (Å²) in [4.78, 5) is 16.4. The van der Waals surface area contributed by atoms with Crippen molar-refractivity contribution in [1.29, 1.82) is 5.26 Å². The Balaban J connectivity index is 1.49. The number of carbonyl (C=O) groups excluding carboxylic acids is 1. The number of carbonyl (C=O) groups is 1. The van der Waals surface area contributed by atoms with Crippen LogP contribution in [0.25, 0.3) is 0 Å². The third kappa shape index (κ3) is 4.25. The second-order valence-electron chi connectivity index (χ2n) is 5.99. The van der Waals surface area contributed by atoms with E-state index in [1.807, 2.05) is 29.2 Å². The molecule has 0 N–H and O–H groups in total. The summed E-state index contributed by atoms with van der Waals surface area (Å²) in [6.45, 7) is 2.87. The monoisotopic (exact) mass is 351 g/mol. The number of ether oxygens (including phenoxy) is 2. The zero-order valence-corrected chi connectivity index (χ0v) is 14.7. The van der Waals surface area contributed by atoms with E-state index in [0.717, 1.165) is 24.5 Å². The first-order chi connectivity index (χ1) is 12.7. The van der Waals surface area contributed by atoms with Crippen LogP contribution in [-0.4, -0.2) is 50.7 Å². The van der Waals surface area contributed by atoms with Crippen molar-refractivity contribution >= 4 is 11.6 Å². The van der Waals surface area contributed by atoms with E-state index in [2.05, 4.69) is 11.0 Å². The molecule has 1 amide bonds. The molecule has 6 heteroatoms. The van der Waals surface area contributed by atoms with Crippen LogP contribution in [0.2, 0.25) is 0 Å². The first kappa shape index (κ1) is 17.6. The molecular weight excluding hydrogens is 330 g/mol. The number of amides is 1. The normalized spacial score (nSPS) is 13.8. The molecular formula is C20H21N3O3. The third-order valence-corrected chi connectivity index (χ3v) is 4.40. The van der Waals surface area contributed by atoms with E-state index in [9.17, 15) is 4.79 Å². The number of nitriles is 1. The molecule has 1 heterocycles. The average molecular weight is 351 g/mol. The molecule has 0 aromatic heterocycles. The Morgan fingerprint density at radius 1 is 1.08 bits per heavy atom. The summed E-state index contributed by atoms with van der Waals surface area (Å²) in [5.74, 6) is 1.39. The first-order valence-electron chi connectivity index (χ1n) is 8.49. The maximum atomic E-state index is 12.3. The predicted molar refractivity (Wildman–Crippen MR) is 98.4 cm³/mol. The molecule has 2 aromatic carbocycles. The molecule has 26 heavy (non-hydrogen) atoms. The van der Waals surface area contributed by atoms with Crippen LogP contribution in [0.4, 0.5) is 5.69 Å². The Bertz CT molecular complexity index is 791. The van der Waals surface area contributed by atoms with Gasteiger partial charge in [-0.15, -0.1) is 0 Å². The molecule has 2 aromatic rings. The van der Waals surface area contributed by atoms with Gasteiger partial charge in [0.15, 0.2) is 6.61 Å². The highest BCUT2D eigenvalue weighted by atomic mass is 16.5. The van der Waals surface area contributed by atoms with Gasteiger partial charge in [0.25, 0.3) is 5.91 Å². The lowest BCUT2D eigenvalue weighted by molar-refractivity contribution is -0.133. The number of hydrogen-bond acceptors (Lipinski definition) is 5. The van der Waals surface area contributed by atoms with E-state index < -0.39 is 0 Å². The van der Waals surface area contributed by atoms with E-state index in [1.54, 1.807) is 31.4 Å². The molecule has 3 rings (SSSR count). The second kappa shape index (κ2) is 8.26. The topological polar surface area (TPSA) is 65.8 Å². The Labute approximate surface area is 153 Å².